The Hall–Kier alpha value is -3.26. The number of benzene rings is 1. The summed E-state index contributed by atoms with van der Waals surface area (Å²) in [5, 5.41) is 0.331. The monoisotopic (exact) mass is 463 g/mol. The first-order valence-electron chi connectivity index (χ1n) is 9.98. The standard InChI is InChI=1S/C23H26ClNO7/c1-6-30-18-11-15(10-16(24)22(18)29-5)8-9-19(27)32-12-17(26)20-13(3)21(25-14(20)4)23(28)31-7-2/h8-11,25H,6-7,12H2,1-5H3/b9-8+. The highest BCUT2D eigenvalue weighted by Gasteiger charge is 2.23. The average Bonchev–Trinajstić information content (AvgIpc) is 3.05. The third kappa shape index (κ3) is 5.91. The number of H-pyrrole nitrogens is 1. The molecule has 0 aliphatic rings. The number of Topliss-reactive ketones (excluding diaryl/α,β-unsaturated/α-hetero) is 1. The molecule has 0 atom stereocenters. The number of rotatable bonds is 10. The van der Waals surface area contributed by atoms with E-state index in [2.05, 4.69) is 4.98 Å². The Morgan fingerprint density at radius 3 is 2.44 bits per heavy atom. The fourth-order valence-corrected chi connectivity index (χ4v) is 3.44. The van der Waals surface area contributed by atoms with E-state index in [9.17, 15) is 14.4 Å². The van der Waals surface area contributed by atoms with Crippen molar-refractivity contribution in [3.63, 3.8) is 0 Å². The Bertz CT molecular complexity index is 1040. The molecule has 0 radical (unpaired) electrons. The van der Waals surface area contributed by atoms with Crippen molar-refractivity contribution < 1.29 is 33.3 Å². The largest absolute Gasteiger partial charge is 0.491 e. The van der Waals surface area contributed by atoms with Crippen LogP contribution in [-0.2, 0) is 14.3 Å². The number of ether oxygens (including phenoxy) is 4. The molecule has 8 nitrogen and oxygen atoms in total. The molecular formula is C23H26ClNO7. The predicted molar refractivity (Wildman–Crippen MR) is 120 cm³/mol. The van der Waals surface area contributed by atoms with Gasteiger partial charge in [-0.15, -0.1) is 0 Å². The van der Waals surface area contributed by atoms with Gasteiger partial charge >= 0.3 is 11.9 Å². The number of aromatic nitrogens is 1. The second-order valence-electron chi connectivity index (χ2n) is 6.68. The second kappa shape index (κ2) is 11.4. The van der Waals surface area contributed by atoms with E-state index in [1.54, 1.807) is 32.9 Å². The van der Waals surface area contributed by atoms with Gasteiger partial charge in [0.25, 0.3) is 0 Å². The summed E-state index contributed by atoms with van der Waals surface area (Å²) < 4.78 is 20.8. The van der Waals surface area contributed by atoms with Crippen LogP contribution in [0.2, 0.25) is 5.02 Å². The first-order chi connectivity index (χ1) is 15.2. The van der Waals surface area contributed by atoms with Crippen molar-refractivity contribution in [3.05, 3.63) is 51.3 Å². The first kappa shape index (κ1) is 25.0. The van der Waals surface area contributed by atoms with Crippen LogP contribution in [0.25, 0.3) is 6.08 Å². The van der Waals surface area contributed by atoms with Crippen molar-refractivity contribution in [2.24, 2.45) is 0 Å². The molecule has 1 aromatic heterocycles. The number of hydrogen-bond acceptors (Lipinski definition) is 7. The van der Waals surface area contributed by atoms with E-state index in [0.29, 0.717) is 45.5 Å². The fraction of sp³-hybridized carbons (Fsp3) is 0.348. The van der Waals surface area contributed by atoms with Crippen LogP contribution in [-0.4, -0.2) is 49.6 Å². The van der Waals surface area contributed by atoms with Crippen molar-refractivity contribution in [2.45, 2.75) is 27.7 Å². The number of aromatic amines is 1. The highest BCUT2D eigenvalue weighted by Crippen LogP contribution is 2.36. The van der Waals surface area contributed by atoms with Crippen LogP contribution in [0.1, 0.15) is 51.5 Å². The Labute approximate surface area is 191 Å². The van der Waals surface area contributed by atoms with E-state index in [4.69, 9.17) is 30.5 Å². The van der Waals surface area contributed by atoms with Gasteiger partial charge in [0.1, 0.15) is 5.69 Å². The molecule has 0 amide bonds. The lowest BCUT2D eigenvalue weighted by atomic mass is 10.1. The maximum Gasteiger partial charge on any atom is 0.355 e. The summed E-state index contributed by atoms with van der Waals surface area (Å²) >= 11 is 6.19. The second-order valence-corrected chi connectivity index (χ2v) is 7.08. The lowest BCUT2D eigenvalue weighted by Gasteiger charge is -2.11. The zero-order valence-electron chi connectivity index (χ0n) is 18.7. The number of carbonyl (C=O) groups excluding carboxylic acids is 3. The topological polar surface area (TPSA) is 104 Å². The van der Waals surface area contributed by atoms with Gasteiger partial charge in [-0.05, 0) is 57.0 Å². The molecule has 0 spiro atoms. The molecule has 0 fully saturated rings. The minimum atomic E-state index is -0.709. The number of halogens is 1. The van der Waals surface area contributed by atoms with Gasteiger partial charge in [-0.1, -0.05) is 11.6 Å². The zero-order valence-corrected chi connectivity index (χ0v) is 19.4. The van der Waals surface area contributed by atoms with Gasteiger partial charge in [-0.2, -0.15) is 0 Å². The molecule has 0 aliphatic carbocycles. The number of aryl methyl sites for hydroxylation is 1. The molecule has 0 saturated heterocycles. The molecule has 0 unspecified atom stereocenters. The van der Waals surface area contributed by atoms with E-state index >= 15 is 0 Å². The van der Waals surface area contributed by atoms with E-state index in [1.807, 2.05) is 6.92 Å². The lowest BCUT2D eigenvalue weighted by Crippen LogP contribution is -2.14. The Balaban J connectivity index is 2.07. The zero-order chi connectivity index (χ0) is 23.8. The smallest absolute Gasteiger partial charge is 0.355 e. The summed E-state index contributed by atoms with van der Waals surface area (Å²) in [5.41, 5.74) is 2.06. The summed E-state index contributed by atoms with van der Waals surface area (Å²) in [6.07, 6.45) is 2.67. The third-order valence-corrected chi connectivity index (χ3v) is 4.77. The van der Waals surface area contributed by atoms with Crippen LogP contribution < -0.4 is 9.47 Å². The van der Waals surface area contributed by atoms with Gasteiger partial charge in [-0.3, -0.25) is 4.79 Å². The van der Waals surface area contributed by atoms with Gasteiger partial charge in [0, 0.05) is 17.3 Å². The normalized spacial score (nSPS) is 10.8. The van der Waals surface area contributed by atoms with Gasteiger partial charge in [0.2, 0.25) is 5.78 Å². The molecule has 0 aliphatic heterocycles. The van der Waals surface area contributed by atoms with Crippen molar-refractivity contribution in [1.29, 1.82) is 0 Å². The van der Waals surface area contributed by atoms with E-state index in [0.717, 1.165) is 0 Å². The van der Waals surface area contributed by atoms with E-state index in [-0.39, 0.29) is 12.3 Å². The minimum Gasteiger partial charge on any atom is -0.491 e. The maximum atomic E-state index is 12.6. The Morgan fingerprint density at radius 1 is 1.09 bits per heavy atom. The van der Waals surface area contributed by atoms with Crippen LogP contribution in [0.3, 0.4) is 0 Å². The van der Waals surface area contributed by atoms with Gasteiger partial charge < -0.3 is 23.9 Å². The molecule has 0 bridgehead atoms. The molecule has 2 aromatic rings. The number of esters is 2. The molecule has 1 N–H and O–H groups in total. The van der Waals surface area contributed by atoms with Crippen LogP contribution in [0, 0.1) is 13.8 Å². The molecule has 32 heavy (non-hydrogen) atoms. The molecule has 9 heteroatoms. The van der Waals surface area contributed by atoms with Crippen LogP contribution in [0.4, 0.5) is 0 Å². The quantitative estimate of drug-likeness (QED) is 0.318. The van der Waals surface area contributed by atoms with Crippen LogP contribution in [0.15, 0.2) is 18.2 Å². The maximum absolute atomic E-state index is 12.6. The Kier molecular flexibility index (Phi) is 8.90. The summed E-state index contributed by atoms with van der Waals surface area (Å²) in [7, 11) is 1.48. The predicted octanol–water partition coefficient (Wildman–Crippen LogP) is 4.31. The lowest BCUT2D eigenvalue weighted by molar-refractivity contribution is -0.136. The van der Waals surface area contributed by atoms with E-state index in [1.165, 1.54) is 19.3 Å². The number of carbonyl (C=O) groups is 3. The summed E-state index contributed by atoms with van der Waals surface area (Å²) in [4.78, 5) is 39.5. The highest BCUT2D eigenvalue weighted by molar-refractivity contribution is 6.32. The van der Waals surface area contributed by atoms with Gasteiger partial charge in [0.15, 0.2) is 18.1 Å². The Morgan fingerprint density at radius 2 is 1.81 bits per heavy atom. The summed E-state index contributed by atoms with van der Waals surface area (Å²) in [6.45, 7) is 6.98. The van der Waals surface area contributed by atoms with Crippen LogP contribution in [0.5, 0.6) is 11.5 Å². The molecule has 0 saturated carbocycles. The first-order valence-corrected chi connectivity index (χ1v) is 10.4. The number of ketones is 1. The van der Waals surface area contributed by atoms with Crippen molar-refractivity contribution >= 4 is 35.4 Å². The molecule has 172 valence electrons. The number of methoxy groups -OCH3 is 1. The van der Waals surface area contributed by atoms with Gasteiger partial charge in [-0.25, -0.2) is 9.59 Å². The van der Waals surface area contributed by atoms with Crippen molar-refractivity contribution in [3.8, 4) is 11.5 Å². The number of nitrogens with one attached hydrogen (secondary N) is 1. The molecule has 1 aromatic carbocycles. The third-order valence-electron chi connectivity index (χ3n) is 4.49. The van der Waals surface area contributed by atoms with Gasteiger partial charge in [0.05, 0.1) is 25.3 Å². The summed E-state index contributed by atoms with van der Waals surface area (Å²) in [5.74, 6) is -0.837. The average molecular weight is 464 g/mol. The summed E-state index contributed by atoms with van der Waals surface area (Å²) in [6, 6.07) is 3.29. The van der Waals surface area contributed by atoms with Crippen molar-refractivity contribution in [2.75, 3.05) is 26.9 Å². The van der Waals surface area contributed by atoms with Crippen molar-refractivity contribution in [1.82, 2.24) is 4.98 Å². The minimum absolute atomic E-state index is 0.209. The molecule has 1 heterocycles. The fourth-order valence-electron chi connectivity index (χ4n) is 3.14. The molecule has 2 rings (SSSR count). The van der Waals surface area contributed by atoms with Crippen LogP contribution >= 0.6 is 11.6 Å². The number of hydrogen-bond donors (Lipinski definition) is 1. The SMILES string of the molecule is CCOC(=O)c1[nH]c(C)c(C(=O)COC(=O)/C=C/c2cc(Cl)c(OC)c(OCC)c2)c1C. The highest BCUT2D eigenvalue weighted by atomic mass is 35.5. The van der Waals surface area contributed by atoms with E-state index < -0.39 is 24.3 Å². The molecular weight excluding hydrogens is 438 g/mol.